The molecule has 1 aliphatic rings. The number of hydrogen-bond donors (Lipinski definition) is 2. The van der Waals surface area contributed by atoms with E-state index in [2.05, 4.69) is 22.7 Å². The van der Waals surface area contributed by atoms with Crippen molar-refractivity contribution in [3.63, 3.8) is 0 Å². The molecule has 6 nitrogen and oxygen atoms in total. The van der Waals surface area contributed by atoms with Crippen molar-refractivity contribution >= 4 is 29.9 Å². The highest BCUT2D eigenvalue weighted by Gasteiger charge is 2.14. The molecule has 2 N–H and O–H groups in total. The van der Waals surface area contributed by atoms with E-state index in [4.69, 9.17) is 9.73 Å². The van der Waals surface area contributed by atoms with Crippen LogP contribution < -0.4 is 15.4 Å². The molecule has 0 spiro atoms. The standard InChI is InChI=1S/C20H29N5O.HI/c1-3-21-20(23-16-7-5-4-6-8-16)22-15-17-13-14-25(24-17)18-9-11-19(26-2)12-10-18;/h9-14,16H,3-8,15H2,1-2H3,(H2,21,22,23);1H. The number of rotatable bonds is 6. The minimum atomic E-state index is 0. The Balaban J connectivity index is 0.00000261. The molecule has 0 bridgehead atoms. The van der Waals surface area contributed by atoms with Gasteiger partial charge in [0.25, 0.3) is 0 Å². The molecule has 148 valence electrons. The van der Waals surface area contributed by atoms with Gasteiger partial charge >= 0.3 is 0 Å². The molecule has 0 radical (unpaired) electrons. The summed E-state index contributed by atoms with van der Waals surface area (Å²) in [5.41, 5.74) is 1.95. The maximum Gasteiger partial charge on any atom is 0.191 e. The highest BCUT2D eigenvalue weighted by Crippen LogP contribution is 2.17. The number of halogens is 1. The predicted octanol–water partition coefficient (Wildman–Crippen LogP) is 3.89. The third kappa shape index (κ3) is 6.41. The summed E-state index contributed by atoms with van der Waals surface area (Å²) in [5, 5.41) is 11.5. The van der Waals surface area contributed by atoms with Crippen LogP contribution in [0.1, 0.15) is 44.7 Å². The molecule has 1 fully saturated rings. The molecule has 27 heavy (non-hydrogen) atoms. The van der Waals surface area contributed by atoms with E-state index in [0.29, 0.717) is 12.6 Å². The highest BCUT2D eigenvalue weighted by atomic mass is 127. The van der Waals surface area contributed by atoms with Crippen LogP contribution in [0.5, 0.6) is 5.75 Å². The molecule has 0 amide bonds. The Morgan fingerprint density at radius 1 is 1.19 bits per heavy atom. The fourth-order valence-corrected chi connectivity index (χ4v) is 3.25. The van der Waals surface area contributed by atoms with Gasteiger partial charge in [-0.2, -0.15) is 5.10 Å². The van der Waals surface area contributed by atoms with Gasteiger partial charge < -0.3 is 15.4 Å². The lowest BCUT2D eigenvalue weighted by Gasteiger charge is -2.24. The first-order chi connectivity index (χ1) is 12.8. The van der Waals surface area contributed by atoms with Crippen LogP contribution in [0.2, 0.25) is 0 Å². The Kier molecular flexibility index (Phi) is 8.90. The number of nitrogens with zero attached hydrogens (tertiary/aromatic N) is 3. The fourth-order valence-electron chi connectivity index (χ4n) is 3.25. The zero-order valence-corrected chi connectivity index (χ0v) is 18.5. The molecule has 1 heterocycles. The Hall–Kier alpha value is -1.77. The van der Waals surface area contributed by atoms with Gasteiger partial charge in [0.15, 0.2) is 5.96 Å². The van der Waals surface area contributed by atoms with Gasteiger partial charge in [-0.15, -0.1) is 24.0 Å². The molecule has 1 aromatic heterocycles. The maximum absolute atomic E-state index is 5.20. The van der Waals surface area contributed by atoms with Crippen LogP contribution in [-0.4, -0.2) is 35.4 Å². The number of aromatic nitrogens is 2. The third-order valence-electron chi connectivity index (χ3n) is 4.67. The lowest BCUT2D eigenvalue weighted by molar-refractivity contribution is 0.410. The molecule has 0 unspecified atom stereocenters. The molecule has 0 saturated heterocycles. The van der Waals surface area contributed by atoms with Crippen LogP contribution in [-0.2, 0) is 6.54 Å². The van der Waals surface area contributed by atoms with E-state index >= 15 is 0 Å². The minimum Gasteiger partial charge on any atom is -0.497 e. The zero-order valence-electron chi connectivity index (χ0n) is 16.1. The molecule has 1 aliphatic carbocycles. The Morgan fingerprint density at radius 2 is 1.93 bits per heavy atom. The summed E-state index contributed by atoms with van der Waals surface area (Å²) in [5.74, 6) is 1.73. The quantitative estimate of drug-likeness (QED) is 0.372. The van der Waals surface area contributed by atoms with Crippen LogP contribution in [0, 0.1) is 0 Å². The van der Waals surface area contributed by atoms with Crippen molar-refractivity contribution in [1.29, 1.82) is 0 Å². The summed E-state index contributed by atoms with van der Waals surface area (Å²) in [4.78, 5) is 4.71. The van der Waals surface area contributed by atoms with Crippen LogP contribution in [0.4, 0.5) is 0 Å². The predicted molar refractivity (Wildman–Crippen MR) is 120 cm³/mol. The molecular formula is C20H30IN5O. The number of benzene rings is 1. The summed E-state index contributed by atoms with van der Waals surface area (Å²) in [6.45, 7) is 3.51. The lowest BCUT2D eigenvalue weighted by atomic mass is 9.96. The summed E-state index contributed by atoms with van der Waals surface area (Å²) in [7, 11) is 1.67. The summed E-state index contributed by atoms with van der Waals surface area (Å²) in [6.07, 6.45) is 8.41. The average molecular weight is 483 g/mol. The van der Waals surface area contributed by atoms with Crippen LogP contribution in [0.3, 0.4) is 0 Å². The second-order valence-electron chi connectivity index (χ2n) is 6.62. The zero-order chi connectivity index (χ0) is 18.2. The van der Waals surface area contributed by atoms with E-state index in [1.165, 1.54) is 32.1 Å². The molecule has 1 saturated carbocycles. The second-order valence-corrected chi connectivity index (χ2v) is 6.62. The maximum atomic E-state index is 5.20. The smallest absolute Gasteiger partial charge is 0.191 e. The van der Waals surface area contributed by atoms with E-state index < -0.39 is 0 Å². The third-order valence-corrected chi connectivity index (χ3v) is 4.67. The molecule has 3 rings (SSSR count). The van der Waals surface area contributed by atoms with Crippen molar-refractivity contribution in [3.8, 4) is 11.4 Å². The molecule has 1 aromatic carbocycles. The van der Waals surface area contributed by atoms with Gasteiger partial charge in [0, 0.05) is 18.8 Å². The number of hydrogen-bond acceptors (Lipinski definition) is 3. The van der Waals surface area contributed by atoms with Crippen LogP contribution >= 0.6 is 24.0 Å². The number of aliphatic imine (C=N–C) groups is 1. The van der Waals surface area contributed by atoms with E-state index in [9.17, 15) is 0 Å². The van der Waals surface area contributed by atoms with E-state index in [0.717, 1.165) is 29.6 Å². The van der Waals surface area contributed by atoms with Crippen molar-refractivity contribution in [2.75, 3.05) is 13.7 Å². The van der Waals surface area contributed by atoms with Gasteiger partial charge in [0.2, 0.25) is 0 Å². The number of ether oxygens (including phenoxy) is 1. The number of guanidine groups is 1. The van der Waals surface area contributed by atoms with Gasteiger partial charge in [-0.3, -0.25) is 0 Å². The van der Waals surface area contributed by atoms with E-state index in [1.54, 1.807) is 7.11 Å². The van der Waals surface area contributed by atoms with Gasteiger partial charge in [0.1, 0.15) is 5.75 Å². The van der Waals surface area contributed by atoms with Gasteiger partial charge in [-0.1, -0.05) is 19.3 Å². The number of methoxy groups -OCH3 is 1. The SMILES string of the molecule is CCNC(=NCc1ccn(-c2ccc(OC)cc2)n1)NC1CCCCC1.I. The van der Waals surface area contributed by atoms with Crippen molar-refractivity contribution in [2.24, 2.45) is 4.99 Å². The molecule has 2 aromatic rings. The van der Waals surface area contributed by atoms with Crippen molar-refractivity contribution in [1.82, 2.24) is 20.4 Å². The lowest BCUT2D eigenvalue weighted by Crippen LogP contribution is -2.44. The van der Waals surface area contributed by atoms with Crippen LogP contribution in [0.25, 0.3) is 5.69 Å². The van der Waals surface area contributed by atoms with Crippen molar-refractivity contribution < 1.29 is 4.74 Å². The molecule has 7 heteroatoms. The van der Waals surface area contributed by atoms with Crippen molar-refractivity contribution in [2.45, 2.75) is 51.6 Å². The second kappa shape index (κ2) is 11.2. The van der Waals surface area contributed by atoms with Gasteiger partial charge in [-0.25, -0.2) is 9.67 Å². The van der Waals surface area contributed by atoms with E-state index in [1.807, 2.05) is 41.2 Å². The topological polar surface area (TPSA) is 63.5 Å². The minimum absolute atomic E-state index is 0. The van der Waals surface area contributed by atoms with E-state index in [-0.39, 0.29) is 24.0 Å². The molecule has 0 aliphatic heterocycles. The molecular weight excluding hydrogens is 453 g/mol. The summed E-state index contributed by atoms with van der Waals surface area (Å²) in [6, 6.07) is 10.4. The first kappa shape index (κ1) is 21.5. The van der Waals surface area contributed by atoms with Gasteiger partial charge in [0.05, 0.1) is 25.0 Å². The Morgan fingerprint density at radius 3 is 2.59 bits per heavy atom. The normalized spacial score (nSPS) is 15.1. The van der Waals surface area contributed by atoms with Crippen LogP contribution in [0.15, 0.2) is 41.5 Å². The highest BCUT2D eigenvalue weighted by molar-refractivity contribution is 14.0. The Labute approximate surface area is 178 Å². The largest absolute Gasteiger partial charge is 0.497 e. The fraction of sp³-hybridized carbons (Fsp3) is 0.500. The average Bonchev–Trinajstić information content (AvgIpc) is 3.16. The molecule has 0 atom stereocenters. The monoisotopic (exact) mass is 483 g/mol. The first-order valence-electron chi connectivity index (χ1n) is 9.52. The first-order valence-corrected chi connectivity index (χ1v) is 9.52. The van der Waals surface area contributed by atoms with Gasteiger partial charge in [-0.05, 0) is 50.1 Å². The Bertz CT molecular complexity index is 707. The number of nitrogens with one attached hydrogen (secondary N) is 2. The van der Waals surface area contributed by atoms with Crippen molar-refractivity contribution in [3.05, 3.63) is 42.2 Å². The summed E-state index contributed by atoms with van der Waals surface area (Å²) >= 11 is 0. The summed E-state index contributed by atoms with van der Waals surface area (Å²) < 4.78 is 7.07.